The van der Waals surface area contributed by atoms with Crippen molar-refractivity contribution in [3.8, 4) is 5.75 Å². The summed E-state index contributed by atoms with van der Waals surface area (Å²) in [4.78, 5) is 12.3. The number of halogens is 2. The minimum atomic E-state index is -3.34. The zero-order valence-corrected chi connectivity index (χ0v) is 16.7. The predicted molar refractivity (Wildman–Crippen MR) is 105 cm³/mol. The zero-order chi connectivity index (χ0) is 19.5. The number of hydrogen-bond acceptors (Lipinski definition) is 4. The van der Waals surface area contributed by atoms with E-state index in [0.29, 0.717) is 22.1 Å². The Morgan fingerprint density at radius 1 is 1.15 bits per heavy atom. The molecule has 1 amide bonds. The Morgan fingerprint density at radius 3 is 2.35 bits per heavy atom. The Kier molecular flexibility index (Phi) is 6.39. The number of amides is 1. The van der Waals surface area contributed by atoms with Crippen molar-refractivity contribution in [1.29, 1.82) is 0 Å². The molecule has 9 heteroatoms. The number of anilines is 2. The summed E-state index contributed by atoms with van der Waals surface area (Å²) in [6.07, 6.45) is 0.314. The highest BCUT2D eigenvalue weighted by molar-refractivity contribution is 7.92. The van der Waals surface area contributed by atoms with Gasteiger partial charge in [-0.25, -0.2) is 8.42 Å². The van der Waals surface area contributed by atoms with Crippen LogP contribution in [-0.2, 0) is 14.8 Å². The van der Waals surface area contributed by atoms with Gasteiger partial charge in [-0.2, -0.15) is 0 Å². The molecule has 0 radical (unpaired) electrons. The van der Waals surface area contributed by atoms with E-state index in [4.69, 9.17) is 27.9 Å². The summed E-state index contributed by atoms with van der Waals surface area (Å²) in [6.45, 7) is 1.59. The predicted octanol–water partition coefficient (Wildman–Crippen LogP) is 3.80. The van der Waals surface area contributed by atoms with Gasteiger partial charge >= 0.3 is 0 Å². The highest BCUT2D eigenvalue weighted by atomic mass is 35.5. The molecule has 0 fully saturated rings. The summed E-state index contributed by atoms with van der Waals surface area (Å²) in [6, 6.07) is 11.3. The van der Waals surface area contributed by atoms with Crippen LogP contribution < -0.4 is 14.4 Å². The molecule has 0 aliphatic heterocycles. The van der Waals surface area contributed by atoms with Gasteiger partial charge in [0, 0.05) is 7.05 Å². The first kappa shape index (κ1) is 20.4. The molecule has 0 aliphatic carbocycles. The standard InChI is InChI=1S/C17H18Cl2N2O4S/c1-11(17(22)20-15-6-4-5-14(18)16(15)19)25-13-9-7-12(8-10-13)21(2)26(3,23)24/h4-11H,1-3H3,(H,20,22)/t11-/m1/s1. The first-order chi connectivity index (χ1) is 12.1. The molecule has 0 spiro atoms. The second-order valence-electron chi connectivity index (χ2n) is 5.58. The molecule has 1 atom stereocenters. The SMILES string of the molecule is C[C@@H](Oc1ccc(N(C)S(C)(=O)=O)cc1)C(=O)Nc1cccc(Cl)c1Cl. The molecule has 6 nitrogen and oxygen atoms in total. The molecule has 0 aliphatic rings. The van der Waals surface area contributed by atoms with Gasteiger partial charge in [-0.05, 0) is 43.3 Å². The van der Waals surface area contributed by atoms with Gasteiger partial charge in [-0.1, -0.05) is 29.3 Å². The van der Waals surface area contributed by atoms with Crippen molar-refractivity contribution in [2.75, 3.05) is 22.9 Å². The van der Waals surface area contributed by atoms with Gasteiger partial charge in [-0.3, -0.25) is 9.10 Å². The molecule has 0 heterocycles. The summed E-state index contributed by atoms with van der Waals surface area (Å²) >= 11 is 12.0. The molecule has 26 heavy (non-hydrogen) atoms. The molecule has 0 saturated heterocycles. The lowest BCUT2D eigenvalue weighted by Gasteiger charge is -2.18. The van der Waals surface area contributed by atoms with Gasteiger partial charge in [0.1, 0.15) is 5.75 Å². The van der Waals surface area contributed by atoms with E-state index in [2.05, 4.69) is 5.32 Å². The molecule has 2 rings (SSSR count). The number of hydrogen-bond donors (Lipinski definition) is 1. The van der Waals surface area contributed by atoms with Crippen LogP contribution in [0.2, 0.25) is 10.0 Å². The largest absolute Gasteiger partial charge is 0.481 e. The van der Waals surface area contributed by atoms with E-state index in [-0.39, 0.29) is 5.02 Å². The summed E-state index contributed by atoms with van der Waals surface area (Å²) in [5.41, 5.74) is 0.882. The van der Waals surface area contributed by atoms with Crippen LogP contribution >= 0.6 is 23.2 Å². The normalized spacial score (nSPS) is 12.3. The number of carbonyl (C=O) groups excluding carboxylic acids is 1. The van der Waals surface area contributed by atoms with E-state index in [0.717, 1.165) is 10.6 Å². The number of carbonyl (C=O) groups is 1. The van der Waals surface area contributed by atoms with Crippen molar-refractivity contribution in [1.82, 2.24) is 0 Å². The first-order valence-corrected chi connectivity index (χ1v) is 10.2. The molecular weight excluding hydrogens is 399 g/mol. The fourth-order valence-corrected chi connectivity index (χ4v) is 2.87. The third-order valence-corrected chi connectivity index (χ3v) is 5.61. The van der Waals surface area contributed by atoms with Crippen molar-refractivity contribution in [3.05, 3.63) is 52.5 Å². The molecular formula is C17H18Cl2N2O4S. The van der Waals surface area contributed by atoms with Gasteiger partial charge in [-0.15, -0.1) is 0 Å². The Labute approximate surface area is 162 Å². The maximum Gasteiger partial charge on any atom is 0.265 e. The number of nitrogens with one attached hydrogen (secondary N) is 1. The minimum absolute atomic E-state index is 0.253. The lowest BCUT2D eigenvalue weighted by Crippen LogP contribution is -2.30. The summed E-state index contributed by atoms with van der Waals surface area (Å²) in [5, 5.41) is 3.24. The first-order valence-electron chi connectivity index (χ1n) is 7.55. The second kappa shape index (κ2) is 8.16. The van der Waals surface area contributed by atoms with Crippen molar-refractivity contribution in [2.24, 2.45) is 0 Å². The average Bonchev–Trinajstić information content (AvgIpc) is 2.58. The van der Waals surface area contributed by atoms with Crippen LogP contribution in [0.15, 0.2) is 42.5 Å². The number of ether oxygens (including phenoxy) is 1. The lowest BCUT2D eigenvalue weighted by atomic mass is 10.2. The molecule has 0 bridgehead atoms. The number of benzene rings is 2. The molecule has 0 saturated carbocycles. The van der Waals surface area contributed by atoms with Gasteiger partial charge in [0.25, 0.3) is 5.91 Å². The maximum absolute atomic E-state index is 12.3. The molecule has 2 aromatic carbocycles. The molecule has 2 aromatic rings. The van der Waals surface area contributed by atoms with Gasteiger partial charge in [0.2, 0.25) is 10.0 Å². The van der Waals surface area contributed by atoms with Gasteiger partial charge in [0.05, 0.1) is 27.7 Å². The van der Waals surface area contributed by atoms with Gasteiger partial charge in [0.15, 0.2) is 6.10 Å². The minimum Gasteiger partial charge on any atom is -0.481 e. The molecule has 140 valence electrons. The van der Waals surface area contributed by atoms with Crippen molar-refractivity contribution in [3.63, 3.8) is 0 Å². The number of rotatable bonds is 6. The van der Waals surface area contributed by atoms with Crippen LogP contribution in [-0.4, -0.2) is 33.7 Å². The lowest BCUT2D eigenvalue weighted by molar-refractivity contribution is -0.122. The topological polar surface area (TPSA) is 75.7 Å². The van der Waals surface area contributed by atoms with Crippen LogP contribution in [0.5, 0.6) is 5.75 Å². The molecule has 0 unspecified atom stereocenters. The fourth-order valence-electron chi connectivity index (χ4n) is 2.02. The quantitative estimate of drug-likeness (QED) is 0.776. The summed E-state index contributed by atoms with van der Waals surface area (Å²) in [5.74, 6) is 0.0296. The Hall–Kier alpha value is -1.96. The monoisotopic (exact) mass is 416 g/mol. The average molecular weight is 417 g/mol. The van der Waals surface area contributed by atoms with Gasteiger partial charge < -0.3 is 10.1 Å². The molecule has 1 N–H and O–H groups in total. The van der Waals surface area contributed by atoms with E-state index in [9.17, 15) is 13.2 Å². The van der Waals surface area contributed by atoms with Crippen LogP contribution in [0.25, 0.3) is 0 Å². The fraction of sp³-hybridized carbons (Fsp3) is 0.235. The second-order valence-corrected chi connectivity index (χ2v) is 8.37. The number of nitrogens with zero attached hydrogens (tertiary/aromatic N) is 1. The maximum atomic E-state index is 12.3. The molecule has 0 aromatic heterocycles. The highest BCUT2D eigenvalue weighted by Crippen LogP contribution is 2.29. The third kappa shape index (κ3) is 5.03. The van der Waals surface area contributed by atoms with Crippen LogP contribution in [0.3, 0.4) is 0 Å². The van der Waals surface area contributed by atoms with Crippen molar-refractivity contribution >= 4 is 50.5 Å². The zero-order valence-electron chi connectivity index (χ0n) is 14.4. The number of sulfonamides is 1. The van der Waals surface area contributed by atoms with E-state index in [1.165, 1.54) is 7.05 Å². The van der Waals surface area contributed by atoms with E-state index >= 15 is 0 Å². The van der Waals surface area contributed by atoms with Crippen LogP contribution in [0.4, 0.5) is 11.4 Å². The Bertz CT molecular complexity index is 901. The van der Waals surface area contributed by atoms with Crippen LogP contribution in [0.1, 0.15) is 6.92 Å². The van der Waals surface area contributed by atoms with Crippen molar-refractivity contribution in [2.45, 2.75) is 13.0 Å². The van der Waals surface area contributed by atoms with Crippen LogP contribution in [0, 0.1) is 0 Å². The van der Waals surface area contributed by atoms with E-state index in [1.807, 2.05) is 0 Å². The van der Waals surface area contributed by atoms with Crippen molar-refractivity contribution < 1.29 is 17.9 Å². The van der Waals surface area contributed by atoms with E-state index in [1.54, 1.807) is 49.4 Å². The smallest absolute Gasteiger partial charge is 0.265 e. The third-order valence-electron chi connectivity index (χ3n) is 3.59. The Morgan fingerprint density at radius 2 is 1.77 bits per heavy atom. The van der Waals surface area contributed by atoms with E-state index < -0.39 is 22.0 Å². The highest BCUT2D eigenvalue weighted by Gasteiger charge is 2.17. The summed E-state index contributed by atoms with van der Waals surface area (Å²) in [7, 11) is -1.89. The summed E-state index contributed by atoms with van der Waals surface area (Å²) < 4.78 is 29.8. The Balaban J connectivity index is 2.04.